The molecule has 8 rings (SSSR count). The highest BCUT2D eigenvalue weighted by Crippen LogP contribution is 2.40. The van der Waals surface area contributed by atoms with Gasteiger partial charge in [0.1, 0.15) is 46.3 Å². The van der Waals surface area contributed by atoms with Gasteiger partial charge in [-0.2, -0.15) is 0 Å². The van der Waals surface area contributed by atoms with E-state index in [0.29, 0.717) is 103 Å². The molecule has 5 N–H and O–H groups in total. The van der Waals surface area contributed by atoms with Crippen molar-refractivity contribution in [3.8, 4) is 5.75 Å². The molecule has 0 bridgehead atoms. The maximum Gasteiger partial charge on any atom is 0.248 e. The minimum Gasteiger partial charge on any atom is -0.490 e. The van der Waals surface area contributed by atoms with Gasteiger partial charge in [0.2, 0.25) is 17.7 Å². The van der Waals surface area contributed by atoms with Crippen LogP contribution >= 0.6 is 23.4 Å². The zero-order valence-corrected chi connectivity index (χ0v) is 41.3. The van der Waals surface area contributed by atoms with E-state index in [1.807, 2.05) is 24.8 Å². The predicted octanol–water partition coefficient (Wildman–Crippen LogP) is 4.53. The fourth-order valence-electron chi connectivity index (χ4n) is 9.85. The van der Waals surface area contributed by atoms with Crippen molar-refractivity contribution in [2.24, 2.45) is 23.0 Å². The van der Waals surface area contributed by atoms with E-state index in [2.05, 4.69) is 37.3 Å². The minimum atomic E-state index is -0.908. The first kappa shape index (κ1) is 50.2. The molecule has 21 heteroatoms. The molecule has 3 atom stereocenters. The van der Waals surface area contributed by atoms with Crippen molar-refractivity contribution in [1.82, 2.24) is 45.1 Å². The summed E-state index contributed by atoms with van der Waals surface area (Å²) >= 11 is 8.36. The lowest BCUT2D eigenvalue weighted by molar-refractivity contribution is -0.142. The van der Waals surface area contributed by atoms with Crippen molar-refractivity contribution in [1.29, 1.82) is 0 Å². The Morgan fingerprint density at radius 1 is 1.03 bits per heavy atom. The zero-order chi connectivity index (χ0) is 49.0. The van der Waals surface area contributed by atoms with Crippen LogP contribution in [0.1, 0.15) is 88.7 Å². The third-order valence-corrected chi connectivity index (χ3v) is 15.5. The Morgan fingerprint density at radius 2 is 1.75 bits per heavy atom. The molecule has 4 aromatic rings. The van der Waals surface area contributed by atoms with E-state index in [1.54, 1.807) is 31.6 Å². The number of carbonyl (C=O) groups is 3. The number of aryl methyl sites for hydroxylation is 1. The molecule has 4 aliphatic rings. The van der Waals surface area contributed by atoms with Crippen molar-refractivity contribution in [3.05, 3.63) is 70.6 Å². The molecule has 0 radical (unpaired) electrons. The van der Waals surface area contributed by atoms with Crippen LogP contribution in [0, 0.1) is 30.0 Å². The molecule has 4 aliphatic heterocycles. The number of hydrogen-bond donors (Lipinski definition) is 4. The number of amides is 3. The van der Waals surface area contributed by atoms with Crippen LogP contribution in [0.5, 0.6) is 5.75 Å². The number of β-amino-alcohol motifs (C(OH)–C–C–N with tert-alkyl or cyclic N) is 1. The molecule has 372 valence electrons. The number of piperidine rings is 3. The number of rotatable bonds is 15. The van der Waals surface area contributed by atoms with Crippen molar-refractivity contribution < 1.29 is 33.7 Å². The van der Waals surface area contributed by atoms with Gasteiger partial charge in [0, 0.05) is 106 Å². The summed E-state index contributed by atoms with van der Waals surface area (Å²) in [6, 6.07) is 4.40. The maximum absolute atomic E-state index is 14.6. The molecule has 4 fully saturated rings. The van der Waals surface area contributed by atoms with Crippen LogP contribution in [-0.2, 0) is 27.5 Å². The Balaban J connectivity index is 0.814. The van der Waals surface area contributed by atoms with Gasteiger partial charge in [-0.15, -0.1) is 5.10 Å². The van der Waals surface area contributed by atoms with E-state index in [4.69, 9.17) is 32.0 Å². The molecule has 1 aromatic carbocycles. The van der Waals surface area contributed by atoms with E-state index in [1.165, 1.54) is 33.5 Å². The molecule has 3 aromatic heterocycles. The lowest BCUT2D eigenvalue weighted by Gasteiger charge is -2.39. The van der Waals surface area contributed by atoms with Gasteiger partial charge in [-0.3, -0.25) is 14.4 Å². The van der Waals surface area contributed by atoms with Crippen LogP contribution in [-0.4, -0.2) is 138 Å². The second kappa shape index (κ2) is 21.9. The summed E-state index contributed by atoms with van der Waals surface area (Å²) in [5.74, 6) is 0.177. The number of aliphatic hydroxyl groups excluding tert-OH is 2. The summed E-state index contributed by atoms with van der Waals surface area (Å²) in [7, 11) is 0. The molecule has 3 amide bonds. The second-order valence-corrected chi connectivity index (χ2v) is 20.9. The minimum absolute atomic E-state index is 0.0108. The number of anilines is 2. The number of carbonyl (C=O) groups excluding carboxylic acids is 3. The standard InChI is InChI=1S/C48H64ClFN12O6S/c1-29(2)42(62-25-30(3)56-57-62)47(67)61-26-34(64)22-37(61)45(65)54-23-32-5-6-33(50)21-38(32)68-35-10-17-60(18-11-35)46(66)31-8-15-58(16-9-31)44-41(49)39(7-14-52-44)69-40-24-53-43(36(27-63)55-40)59-19-12-48(4,28-51)13-20-59/h5-7,14,21,24-25,29,31,34-35,37,42,63-64H,8-13,15-20,22-23,26-28,51H2,1-4H3,(H,54,65)/t34-,37+,42+/m1/s1. The highest BCUT2D eigenvalue weighted by atomic mass is 35.5. The third-order valence-electron chi connectivity index (χ3n) is 14.1. The van der Waals surface area contributed by atoms with Gasteiger partial charge in [0.05, 0.1) is 29.6 Å². The van der Waals surface area contributed by atoms with Gasteiger partial charge >= 0.3 is 0 Å². The summed E-state index contributed by atoms with van der Waals surface area (Å²) in [6.45, 7) is 12.0. The van der Waals surface area contributed by atoms with Crippen LogP contribution in [0.4, 0.5) is 16.0 Å². The average molecular weight is 992 g/mol. The van der Waals surface area contributed by atoms with Gasteiger partial charge in [0.25, 0.3) is 0 Å². The van der Waals surface area contributed by atoms with Crippen LogP contribution in [0.2, 0.25) is 5.02 Å². The topological polar surface area (TPSA) is 221 Å². The molecule has 0 spiro atoms. The fraction of sp³-hybridized carbons (Fsp3) is 0.583. The predicted molar refractivity (Wildman–Crippen MR) is 258 cm³/mol. The van der Waals surface area contributed by atoms with Gasteiger partial charge in [0.15, 0.2) is 5.82 Å². The van der Waals surface area contributed by atoms with Crippen molar-refractivity contribution in [3.63, 3.8) is 0 Å². The number of nitrogens with two attached hydrogens (primary N) is 1. The summed E-state index contributed by atoms with van der Waals surface area (Å²) < 4.78 is 22.5. The Bertz CT molecular complexity index is 2460. The van der Waals surface area contributed by atoms with E-state index in [0.717, 1.165) is 30.8 Å². The van der Waals surface area contributed by atoms with Gasteiger partial charge < -0.3 is 45.6 Å². The van der Waals surface area contributed by atoms with Gasteiger partial charge in [-0.25, -0.2) is 24.0 Å². The molecule has 18 nitrogen and oxygen atoms in total. The Hall–Kier alpha value is -5.15. The number of likely N-dealkylation sites (tertiary alicyclic amines) is 2. The lowest BCUT2D eigenvalue weighted by Crippen LogP contribution is -2.49. The third kappa shape index (κ3) is 11.6. The molecular weight excluding hydrogens is 927 g/mol. The van der Waals surface area contributed by atoms with Gasteiger partial charge in [-0.1, -0.05) is 55.4 Å². The number of aromatic nitrogens is 6. The first-order valence-corrected chi connectivity index (χ1v) is 25.2. The van der Waals surface area contributed by atoms with Crippen molar-refractivity contribution in [2.75, 3.05) is 62.2 Å². The van der Waals surface area contributed by atoms with E-state index in [9.17, 15) is 29.0 Å². The molecular formula is C48H64ClFN12O6S. The number of hydrogen-bond acceptors (Lipinski definition) is 15. The van der Waals surface area contributed by atoms with Crippen LogP contribution < -0.4 is 25.6 Å². The lowest BCUT2D eigenvalue weighted by atomic mass is 9.80. The molecule has 0 aliphatic carbocycles. The number of aliphatic hydroxyl groups is 2. The van der Waals surface area contributed by atoms with Crippen molar-refractivity contribution in [2.45, 2.75) is 120 Å². The van der Waals surface area contributed by atoms with E-state index >= 15 is 0 Å². The number of benzene rings is 1. The first-order valence-electron chi connectivity index (χ1n) is 24.0. The highest BCUT2D eigenvalue weighted by molar-refractivity contribution is 7.99. The summed E-state index contributed by atoms with van der Waals surface area (Å²) in [6.07, 6.45) is 8.33. The maximum atomic E-state index is 14.6. The largest absolute Gasteiger partial charge is 0.490 e. The number of nitrogens with one attached hydrogen (secondary N) is 1. The molecule has 7 heterocycles. The normalized spacial score (nSPS) is 20.7. The fourth-order valence-corrected chi connectivity index (χ4v) is 11.0. The molecule has 69 heavy (non-hydrogen) atoms. The summed E-state index contributed by atoms with van der Waals surface area (Å²) in [4.78, 5) is 63.8. The number of nitrogens with zero attached hydrogens (tertiary/aromatic N) is 10. The Kier molecular flexibility index (Phi) is 15.9. The monoisotopic (exact) mass is 990 g/mol. The Labute approximate surface area is 411 Å². The van der Waals surface area contributed by atoms with Crippen molar-refractivity contribution >= 4 is 52.7 Å². The van der Waals surface area contributed by atoms with Gasteiger partial charge in [-0.05, 0) is 62.6 Å². The van der Waals surface area contributed by atoms with E-state index in [-0.39, 0.29) is 61.3 Å². The molecule has 0 unspecified atom stereocenters. The van der Waals surface area contributed by atoms with Crippen LogP contribution in [0.15, 0.2) is 52.8 Å². The quantitative estimate of drug-likeness (QED) is 0.129. The summed E-state index contributed by atoms with van der Waals surface area (Å²) in [5.41, 5.74) is 7.86. The average Bonchev–Trinajstić information content (AvgIpc) is 3.96. The molecule has 0 saturated carbocycles. The molecule has 4 saturated heterocycles. The smallest absolute Gasteiger partial charge is 0.248 e. The SMILES string of the molecule is Cc1cn([C@H](C(=O)N2C[C@H](O)C[C@H]2C(=O)NCc2ccc(F)cc2OC2CCN(C(=O)C3CCN(c4nccc(Sc5cnc(N6CCC(C)(CN)CC6)c(CO)n5)c4Cl)CC3)CC2)C(C)C)nn1. The zero-order valence-electron chi connectivity index (χ0n) is 39.8. The van der Waals surface area contributed by atoms with E-state index < -0.39 is 29.9 Å². The number of halogens is 2. The first-order chi connectivity index (χ1) is 33.1. The second-order valence-electron chi connectivity index (χ2n) is 19.5. The number of ether oxygens (including phenoxy) is 1. The van der Waals surface area contributed by atoms with Crippen LogP contribution in [0.25, 0.3) is 0 Å². The summed E-state index contributed by atoms with van der Waals surface area (Å²) in [5, 5.41) is 33.0. The van der Waals surface area contributed by atoms with Crippen LogP contribution in [0.3, 0.4) is 0 Å². The number of pyridine rings is 1. The Morgan fingerprint density at radius 3 is 2.42 bits per heavy atom. The highest BCUT2D eigenvalue weighted by Gasteiger charge is 2.43.